The van der Waals surface area contributed by atoms with Gasteiger partial charge in [0.15, 0.2) is 5.12 Å². The number of rotatable bonds is 50. The highest BCUT2D eigenvalue weighted by molar-refractivity contribution is 8.13. The van der Waals surface area contributed by atoms with Crippen LogP contribution in [0.15, 0.2) is 0 Å². The molecule has 0 aromatic rings. The van der Waals surface area contributed by atoms with Crippen molar-refractivity contribution in [3.63, 3.8) is 0 Å². The van der Waals surface area contributed by atoms with Crippen molar-refractivity contribution in [1.29, 1.82) is 0 Å². The SMILES string of the molecule is CC(=O)SCCOCCOOCCOOCCOOCCOOCCOOCCOOCCOOCCOOCCOOCCOOCCOCCC(=O)ON1C(=O)CCC1=O. The van der Waals surface area contributed by atoms with E-state index in [2.05, 4.69) is 0 Å². The van der Waals surface area contributed by atoms with Crippen molar-refractivity contribution in [1.82, 2.24) is 5.06 Å². The van der Waals surface area contributed by atoms with Crippen LogP contribution >= 0.6 is 11.8 Å². The van der Waals surface area contributed by atoms with Gasteiger partial charge in [0.05, 0.1) is 32.8 Å². The fourth-order valence-electron chi connectivity index (χ4n) is 3.39. The zero-order chi connectivity index (χ0) is 44.7. The second-order valence-corrected chi connectivity index (χ2v) is 12.1. The Morgan fingerprint density at radius 1 is 0.387 bits per heavy atom. The predicted molar refractivity (Wildman–Crippen MR) is 196 cm³/mol. The summed E-state index contributed by atoms with van der Waals surface area (Å²) in [7, 11) is 0. The Morgan fingerprint density at radius 3 is 0.887 bits per heavy atom. The maximum Gasteiger partial charge on any atom is 0.335 e. The van der Waals surface area contributed by atoms with E-state index in [0.717, 1.165) is 0 Å². The third-order valence-electron chi connectivity index (χ3n) is 5.89. The van der Waals surface area contributed by atoms with Gasteiger partial charge in [-0.2, -0.15) is 0 Å². The number of carbonyl (C=O) groups excluding carboxylic acids is 4. The van der Waals surface area contributed by atoms with Crippen LogP contribution in [0.4, 0.5) is 0 Å². The van der Waals surface area contributed by atoms with Gasteiger partial charge in [-0.15, -0.1) is 5.06 Å². The molecule has 0 radical (unpaired) electrons. The summed E-state index contributed by atoms with van der Waals surface area (Å²) in [5.74, 6) is -1.24. The molecule has 0 unspecified atom stereocenters. The molecular formula is C33H59NO27S. The molecule has 29 heteroatoms. The highest BCUT2D eigenvalue weighted by Gasteiger charge is 2.32. The van der Waals surface area contributed by atoms with Gasteiger partial charge in [-0.3, -0.25) is 14.4 Å². The summed E-state index contributed by atoms with van der Waals surface area (Å²) in [6.07, 6.45) is -0.0868. The molecule has 0 bridgehead atoms. The predicted octanol–water partition coefficient (Wildman–Crippen LogP) is -0.221. The molecule has 0 saturated carbocycles. The minimum atomic E-state index is -0.753. The van der Waals surface area contributed by atoms with Crippen molar-refractivity contribution in [2.75, 3.05) is 164 Å². The molecule has 1 aliphatic heterocycles. The Balaban J connectivity index is 1.62. The van der Waals surface area contributed by atoms with Gasteiger partial charge in [0, 0.05) is 25.5 Å². The Bertz CT molecular complexity index is 1040. The summed E-state index contributed by atoms with van der Waals surface area (Å²) >= 11 is 1.20. The number of ether oxygens (including phenoxy) is 2. The first-order valence-electron chi connectivity index (χ1n) is 19.3. The van der Waals surface area contributed by atoms with E-state index in [-0.39, 0.29) is 170 Å². The number of hydroxylamine groups is 2. The van der Waals surface area contributed by atoms with E-state index in [1.807, 2.05) is 0 Å². The molecule has 0 aromatic carbocycles. The first kappa shape index (κ1) is 57.8. The number of amides is 2. The second-order valence-electron chi connectivity index (χ2n) is 10.8. The van der Waals surface area contributed by atoms with Gasteiger partial charge in [-0.1, -0.05) is 11.8 Å². The highest BCUT2D eigenvalue weighted by Crippen LogP contribution is 2.12. The summed E-state index contributed by atoms with van der Waals surface area (Å²) in [5.41, 5.74) is 0. The number of thioether (sulfide) groups is 1. The van der Waals surface area contributed by atoms with E-state index in [1.165, 1.54) is 18.7 Å². The van der Waals surface area contributed by atoms with Crippen LogP contribution in [0.3, 0.4) is 0 Å². The monoisotopic (exact) mass is 933 g/mol. The number of carbonyl (C=O) groups is 4. The van der Waals surface area contributed by atoms with Crippen LogP contribution < -0.4 is 0 Å². The molecule has 0 aliphatic carbocycles. The van der Waals surface area contributed by atoms with Crippen molar-refractivity contribution < 1.29 is 131 Å². The lowest BCUT2D eigenvalue weighted by Gasteiger charge is -2.12. The number of imide groups is 1. The normalized spacial score (nSPS) is 12.9. The quantitative estimate of drug-likeness (QED) is 0.0330. The van der Waals surface area contributed by atoms with Crippen LogP contribution in [0, 0.1) is 0 Å². The molecule has 1 rings (SSSR count). The molecule has 1 fully saturated rings. The van der Waals surface area contributed by atoms with Crippen LogP contribution in [-0.4, -0.2) is 192 Å². The zero-order valence-electron chi connectivity index (χ0n) is 34.7. The van der Waals surface area contributed by atoms with Crippen LogP contribution in [0.2, 0.25) is 0 Å². The third kappa shape index (κ3) is 41.7. The summed E-state index contributed by atoms with van der Waals surface area (Å²) in [6.45, 7) is 4.63. The van der Waals surface area contributed by atoms with E-state index < -0.39 is 17.8 Å². The van der Waals surface area contributed by atoms with E-state index in [4.69, 9.17) is 112 Å². The number of hydrogen-bond acceptors (Lipinski definition) is 28. The lowest BCUT2D eigenvalue weighted by Crippen LogP contribution is -2.32. The Labute approximate surface area is 361 Å². The summed E-state index contributed by atoms with van der Waals surface area (Å²) < 4.78 is 10.4. The summed E-state index contributed by atoms with van der Waals surface area (Å²) in [4.78, 5) is 148. The zero-order valence-corrected chi connectivity index (χ0v) is 35.5. The fraction of sp³-hybridized carbons (Fsp3) is 0.879. The molecule has 364 valence electrons. The first-order valence-corrected chi connectivity index (χ1v) is 20.3. The van der Waals surface area contributed by atoms with Crippen molar-refractivity contribution in [2.45, 2.75) is 26.2 Å². The van der Waals surface area contributed by atoms with Gasteiger partial charge < -0.3 is 14.3 Å². The largest absolute Gasteiger partial charge is 0.378 e. The Kier molecular flexibility index (Phi) is 43.5. The maximum atomic E-state index is 11.6. The van der Waals surface area contributed by atoms with Crippen LogP contribution in [-0.2, 0) is 131 Å². The molecule has 28 nitrogen and oxygen atoms in total. The average molecular weight is 934 g/mol. The van der Waals surface area contributed by atoms with Crippen molar-refractivity contribution in [3.8, 4) is 0 Å². The standard InChI is InChI=1S/C33H59NO27S/c1-30(35)62-29-28-40-7-9-42-44-11-13-46-48-15-17-50-52-19-21-54-56-23-25-58-60-27-26-59-57-24-22-55-53-20-18-51-49-16-14-47-45-12-10-43-41-8-6-39-5-4-33(38)61-34-31(36)2-3-32(34)37/h2-29H2,1H3. The molecule has 0 spiro atoms. The average Bonchev–Trinajstić information content (AvgIpc) is 3.57. The molecule has 1 saturated heterocycles. The molecule has 2 amide bonds. The topological polar surface area (TPSA) is 284 Å². The van der Waals surface area contributed by atoms with Crippen LogP contribution in [0.1, 0.15) is 26.2 Å². The molecule has 0 aromatic heterocycles. The minimum absolute atomic E-state index is 0.0118. The van der Waals surface area contributed by atoms with E-state index in [9.17, 15) is 19.2 Å². The van der Waals surface area contributed by atoms with E-state index in [0.29, 0.717) is 24.0 Å². The molecular weight excluding hydrogens is 874 g/mol. The molecule has 62 heavy (non-hydrogen) atoms. The van der Waals surface area contributed by atoms with Gasteiger partial charge >= 0.3 is 5.97 Å². The van der Waals surface area contributed by atoms with Gasteiger partial charge in [-0.25, -0.2) is 103 Å². The second kappa shape index (κ2) is 46.7. The number of nitrogens with zero attached hydrogens (tertiary/aromatic N) is 1. The smallest absolute Gasteiger partial charge is 0.335 e. The van der Waals surface area contributed by atoms with Gasteiger partial charge in [0.2, 0.25) is 0 Å². The first-order chi connectivity index (χ1) is 30.5. The van der Waals surface area contributed by atoms with Crippen LogP contribution in [0.25, 0.3) is 0 Å². The lowest BCUT2D eigenvalue weighted by molar-refractivity contribution is -0.379. The number of hydrogen-bond donors (Lipinski definition) is 0. The van der Waals surface area contributed by atoms with Crippen molar-refractivity contribution >= 4 is 34.7 Å². The molecule has 1 aliphatic rings. The summed E-state index contributed by atoms with van der Waals surface area (Å²) in [6, 6.07) is 0. The third-order valence-corrected chi connectivity index (χ3v) is 6.67. The van der Waals surface area contributed by atoms with Gasteiger partial charge in [0.1, 0.15) is 132 Å². The van der Waals surface area contributed by atoms with Crippen molar-refractivity contribution in [3.05, 3.63) is 0 Å². The van der Waals surface area contributed by atoms with E-state index in [1.54, 1.807) is 0 Å². The molecule has 1 heterocycles. The van der Waals surface area contributed by atoms with Gasteiger partial charge in [-0.05, 0) is 0 Å². The van der Waals surface area contributed by atoms with Gasteiger partial charge in [0.25, 0.3) is 11.8 Å². The fourth-order valence-corrected chi connectivity index (χ4v) is 3.87. The minimum Gasteiger partial charge on any atom is -0.378 e. The Morgan fingerprint density at radius 2 is 0.629 bits per heavy atom. The summed E-state index contributed by atoms with van der Waals surface area (Å²) in [5, 5.41) is 0.536. The maximum absolute atomic E-state index is 11.6. The Hall–Kier alpha value is -2.25. The molecule has 0 atom stereocenters. The highest BCUT2D eigenvalue weighted by atomic mass is 32.2. The van der Waals surface area contributed by atoms with E-state index >= 15 is 0 Å². The molecule has 0 N–H and O–H groups in total. The van der Waals surface area contributed by atoms with Crippen molar-refractivity contribution in [2.24, 2.45) is 0 Å². The van der Waals surface area contributed by atoms with Crippen LogP contribution in [0.5, 0.6) is 0 Å². The lowest BCUT2D eigenvalue weighted by atomic mass is 10.4.